The molecule has 4 nitrogen and oxygen atoms in total. The molecule has 1 fully saturated rings. The first-order valence-electron chi connectivity index (χ1n) is 8.44. The summed E-state index contributed by atoms with van der Waals surface area (Å²) in [5, 5.41) is 4.78. The Labute approximate surface area is 150 Å². The van der Waals surface area contributed by atoms with Gasteiger partial charge in [-0.1, -0.05) is 24.3 Å². The Morgan fingerprint density at radius 2 is 1.92 bits per heavy atom. The van der Waals surface area contributed by atoms with Gasteiger partial charge in [0.1, 0.15) is 5.82 Å². The summed E-state index contributed by atoms with van der Waals surface area (Å²) in [4.78, 5) is 27.3. The largest absolute Gasteiger partial charge is 0.349 e. The van der Waals surface area contributed by atoms with Gasteiger partial charge in [-0.15, -0.1) is 11.3 Å². The maximum Gasteiger partial charge on any atom is 0.263 e. The molecule has 1 aliphatic heterocycles. The fourth-order valence-corrected chi connectivity index (χ4v) is 3.83. The van der Waals surface area contributed by atoms with Crippen LogP contribution in [0.1, 0.15) is 41.0 Å². The van der Waals surface area contributed by atoms with Crippen LogP contribution in [0.5, 0.6) is 0 Å². The van der Waals surface area contributed by atoms with Gasteiger partial charge in [0, 0.05) is 24.6 Å². The third-order valence-corrected chi connectivity index (χ3v) is 5.47. The van der Waals surface area contributed by atoms with E-state index in [4.69, 9.17) is 0 Å². The van der Waals surface area contributed by atoms with Gasteiger partial charge in [-0.3, -0.25) is 9.59 Å². The number of hydrogen-bond acceptors (Lipinski definition) is 3. The molecule has 1 N–H and O–H groups in total. The number of rotatable bonds is 4. The summed E-state index contributed by atoms with van der Waals surface area (Å²) in [6.45, 7) is 2.93. The quantitative estimate of drug-likeness (QED) is 0.905. The van der Waals surface area contributed by atoms with Crippen LogP contribution in [-0.4, -0.2) is 29.8 Å². The number of benzene rings is 1. The molecule has 0 unspecified atom stereocenters. The van der Waals surface area contributed by atoms with Gasteiger partial charge in [0.05, 0.1) is 10.9 Å². The average molecular weight is 360 g/mol. The van der Waals surface area contributed by atoms with E-state index in [1.807, 2.05) is 17.5 Å². The standard InChI is InChI=1S/C19H21FN2O2S/c1-13(15-5-2-3-6-16(15)20)21-18(23)14-8-10-22(11-9-14)19(24)17-7-4-12-25-17/h2-7,12-14H,8-11H2,1H3,(H,21,23)/t13-/m0/s1. The molecular formula is C19H21FN2O2S. The summed E-state index contributed by atoms with van der Waals surface area (Å²) in [6.07, 6.45) is 1.26. The maximum absolute atomic E-state index is 13.8. The molecule has 1 aromatic heterocycles. The molecule has 0 aliphatic carbocycles. The molecule has 2 heterocycles. The van der Waals surface area contributed by atoms with Crippen LogP contribution >= 0.6 is 11.3 Å². The van der Waals surface area contributed by atoms with E-state index in [2.05, 4.69) is 5.32 Å². The number of hydrogen-bond donors (Lipinski definition) is 1. The van der Waals surface area contributed by atoms with Gasteiger partial charge in [0.2, 0.25) is 5.91 Å². The number of likely N-dealkylation sites (tertiary alicyclic amines) is 1. The Morgan fingerprint density at radius 3 is 2.56 bits per heavy atom. The van der Waals surface area contributed by atoms with Crippen LogP contribution < -0.4 is 5.32 Å². The third kappa shape index (κ3) is 4.07. The number of nitrogens with one attached hydrogen (secondary N) is 1. The second-order valence-corrected chi connectivity index (χ2v) is 7.24. The first kappa shape index (κ1) is 17.6. The van der Waals surface area contributed by atoms with Gasteiger partial charge in [0.25, 0.3) is 5.91 Å². The van der Waals surface area contributed by atoms with Crippen LogP contribution in [0.3, 0.4) is 0 Å². The summed E-state index contributed by atoms with van der Waals surface area (Å²) in [7, 11) is 0. The zero-order chi connectivity index (χ0) is 17.8. The molecule has 0 saturated carbocycles. The molecule has 2 amide bonds. The van der Waals surface area contributed by atoms with Crippen LogP contribution in [0.4, 0.5) is 4.39 Å². The molecule has 25 heavy (non-hydrogen) atoms. The molecule has 2 aromatic rings. The minimum absolute atomic E-state index is 0.0357. The zero-order valence-corrected chi connectivity index (χ0v) is 14.9. The molecule has 0 spiro atoms. The van der Waals surface area contributed by atoms with Crippen molar-refractivity contribution in [2.75, 3.05) is 13.1 Å². The number of carbonyl (C=O) groups excluding carboxylic acids is 2. The van der Waals surface area contributed by atoms with Crippen LogP contribution in [0.15, 0.2) is 41.8 Å². The van der Waals surface area contributed by atoms with E-state index in [-0.39, 0.29) is 29.6 Å². The van der Waals surface area contributed by atoms with Crippen molar-refractivity contribution in [2.45, 2.75) is 25.8 Å². The van der Waals surface area contributed by atoms with Crippen molar-refractivity contribution in [1.82, 2.24) is 10.2 Å². The first-order valence-corrected chi connectivity index (χ1v) is 9.32. The van der Waals surface area contributed by atoms with Gasteiger partial charge < -0.3 is 10.2 Å². The Hall–Kier alpha value is -2.21. The van der Waals surface area contributed by atoms with E-state index in [1.54, 1.807) is 30.0 Å². The summed E-state index contributed by atoms with van der Waals surface area (Å²) in [5.74, 6) is -0.485. The van der Waals surface area contributed by atoms with E-state index >= 15 is 0 Å². The highest BCUT2D eigenvalue weighted by Crippen LogP contribution is 2.23. The Bertz CT molecular complexity index is 740. The molecule has 1 aliphatic rings. The lowest BCUT2D eigenvalue weighted by atomic mass is 9.95. The Balaban J connectivity index is 1.53. The van der Waals surface area contributed by atoms with Crippen LogP contribution in [0, 0.1) is 11.7 Å². The fraction of sp³-hybridized carbons (Fsp3) is 0.368. The summed E-state index contributed by atoms with van der Waals surface area (Å²) in [6, 6.07) is 9.78. The van der Waals surface area contributed by atoms with Crippen molar-refractivity contribution in [3.05, 3.63) is 58.0 Å². The lowest BCUT2D eigenvalue weighted by molar-refractivity contribution is -0.127. The van der Waals surface area contributed by atoms with Gasteiger partial charge in [0.15, 0.2) is 0 Å². The minimum Gasteiger partial charge on any atom is -0.349 e. The third-order valence-electron chi connectivity index (χ3n) is 4.62. The lowest BCUT2D eigenvalue weighted by Crippen LogP contribution is -2.43. The zero-order valence-electron chi connectivity index (χ0n) is 14.1. The van der Waals surface area contributed by atoms with Gasteiger partial charge >= 0.3 is 0 Å². The minimum atomic E-state index is -0.375. The monoisotopic (exact) mass is 360 g/mol. The highest BCUT2D eigenvalue weighted by atomic mass is 32.1. The molecule has 6 heteroatoms. The van der Waals surface area contributed by atoms with E-state index in [0.717, 1.165) is 4.88 Å². The first-order chi connectivity index (χ1) is 12.1. The highest BCUT2D eigenvalue weighted by Gasteiger charge is 2.29. The van der Waals surface area contributed by atoms with Crippen molar-refractivity contribution in [1.29, 1.82) is 0 Å². The van der Waals surface area contributed by atoms with E-state index in [9.17, 15) is 14.0 Å². The normalized spacial score (nSPS) is 16.5. The predicted octanol–water partition coefficient (Wildman–Crippen LogP) is 3.62. The van der Waals surface area contributed by atoms with E-state index in [0.29, 0.717) is 31.5 Å². The molecule has 0 bridgehead atoms. The van der Waals surface area contributed by atoms with Crippen molar-refractivity contribution in [3.8, 4) is 0 Å². The fourth-order valence-electron chi connectivity index (χ4n) is 3.14. The number of amides is 2. The Morgan fingerprint density at radius 1 is 1.20 bits per heavy atom. The molecule has 3 rings (SSSR count). The predicted molar refractivity (Wildman–Crippen MR) is 95.9 cm³/mol. The number of halogens is 1. The maximum atomic E-state index is 13.8. The van der Waals surface area contributed by atoms with Crippen molar-refractivity contribution in [2.24, 2.45) is 5.92 Å². The topological polar surface area (TPSA) is 49.4 Å². The van der Waals surface area contributed by atoms with Crippen molar-refractivity contribution in [3.63, 3.8) is 0 Å². The molecule has 1 atom stereocenters. The van der Waals surface area contributed by atoms with E-state index < -0.39 is 0 Å². The van der Waals surface area contributed by atoms with Crippen molar-refractivity contribution >= 4 is 23.2 Å². The van der Waals surface area contributed by atoms with Gasteiger partial charge in [-0.2, -0.15) is 0 Å². The summed E-state index contributed by atoms with van der Waals surface area (Å²) >= 11 is 1.43. The SMILES string of the molecule is C[C@H](NC(=O)C1CCN(C(=O)c2cccs2)CC1)c1ccccc1F. The van der Waals surface area contributed by atoms with Gasteiger partial charge in [-0.05, 0) is 37.3 Å². The molecule has 0 radical (unpaired) electrons. The van der Waals surface area contributed by atoms with E-state index in [1.165, 1.54) is 17.4 Å². The van der Waals surface area contributed by atoms with Crippen molar-refractivity contribution < 1.29 is 14.0 Å². The molecular weight excluding hydrogens is 339 g/mol. The summed E-state index contributed by atoms with van der Waals surface area (Å²) in [5.41, 5.74) is 0.487. The average Bonchev–Trinajstić information content (AvgIpc) is 3.16. The second kappa shape index (κ2) is 7.78. The second-order valence-electron chi connectivity index (χ2n) is 6.30. The lowest BCUT2D eigenvalue weighted by Gasteiger charge is -2.31. The smallest absolute Gasteiger partial charge is 0.263 e. The Kier molecular flexibility index (Phi) is 5.48. The number of carbonyl (C=O) groups is 2. The van der Waals surface area contributed by atoms with Crippen LogP contribution in [-0.2, 0) is 4.79 Å². The highest BCUT2D eigenvalue weighted by molar-refractivity contribution is 7.12. The number of thiophene rings is 1. The van der Waals surface area contributed by atoms with Crippen LogP contribution in [0.2, 0.25) is 0 Å². The van der Waals surface area contributed by atoms with Crippen LogP contribution in [0.25, 0.3) is 0 Å². The molecule has 1 saturated heterocycles. The molecule has 1 aromatic carbocycles. The number of piperidine rings is 1. The van der Waals surface area contributed by atoms with Gasteiger partial charge in [-0.25, -0.2) is 4.39 Å². The number of nitrogens with zero attached hydrogens (tertiary/aromatic N) is 1. The summed E-state index contributed by atoms with van der Waals surface area (Å²) < 4.78 is 13.8. The molecule has 132 valence electrons.